The maximum atomic E-state index is 12.3. The zero-order valence-corrected chi connectivity index (χ0v) is 13.2. The van der Waals surface area contributed by atoms with Crippen LogP contribution in [-0.4, -0.2) is 28.5 Å². The lowest BCUT2D eigenvalue weighted by Gasteiger charge is -2.13. The molecule has 0 fully saturated rings. The molecule has 0 spiro atoms. The number of anilines is 1. The topological polar surface area (TPSA) is 66.5 Å². The second-order valence-corrected chi connectivity index (χ2v) is 6.08. The highest BCUT2D eigenvalue weighted by Crippen LogP contribution is 2.28. The molecule has 0 saturated carbocycles. The molecule has 116 valence electrons. The molecule has 3 amide bonds. The van der Waals surface area contributed by atoms with Crippen molar-refractivity contribution in [1.82, 2.24) is 4.90 Å². The number of imide groups is 1. The summed E-state index contributed by atoms with van der Waals surface area (Å²) in [6, 6.07) is 14.1. The molecule has 0 unspecified atom stereocenters. The lowest BCUT2D eigenvalue weighted by molar-refractivity contribution is -0.114. The molecule has 23 heavy (non-hydrogen) atoms. The minimum Gasteiger partial charge on any atom is -0.326 e. The molecule has 0 radical (unpaired) electrons. The molecular formula is C17H14N2O3S. The summed E-state index contributed by atoms with van der Waals surface area (Å²) in [5.74, 6) is -0.449. The van der Waals surface area contributed by atoms with Gasteiger partial charge < -0.3 is 5.32 Å². The van der Waals surface area contributed by atoms with E-state index in [1.807, 2.05) is 18.2 Å². The normalized spacial score (nSPS) is 13.2. The van der Waals surface area contributed by atoms with E-state index in [0.717, 1.165) is 4.90 Å². The van der Waals surface area contributed by atoms with Gasteiger partial charge in [0.05, 0.1) is 17.0 Å². The molecule has 0 aliphatic carbocycles. The van der Waals surface area contributed by atoms with Gasteiger partial charge in [0.25, 0.3) is 11.8 Å². The highest BCUT2D eigenvalue weighted by Gasteiger charge is 2.34. The Kier molecular flexibility index (Phi) is 4.16. The molecule has 1 aliphatic rings. The van der Waals surface area contributed by atoms with Crippen LogP contribution in [0, 0.1) is 0 Å². The third kappa shape index (κ3) is 3.12. The molecule has 2 aromatic rings. The van der Waals surface area contributed by atoms with E-state index in [1.54, 1.807) is 30.3 Å². The van der Waals surface area contributed by atoms with Gasteiger partial charge in [-0.05, 0) is 30.3 Å². The summed E-state index contributed by atoms with van der Waals surface area (Å²) in [7, 11) is 0. The van der Waals surface area contributed by atoms with Crippen molar-refractivity contribution >= 4 is 35.2 Å². The second kappa shape index (κ2) is 6.26. The Balaban J connectivity index is 1.71. The van der Waals surface area contributed by atoms with E-state index in [4.69, 9.17) is 0 Å². The minimum atomic E-state index is -0.267. The molecule has 1 aliphatic heterocycles. The number of nitrogens with one attached hydrogen (secondary N) is 1. The Labute approximate surface area is 137 Å². The lowest BCUT2D eigenvalue weighted by atomic mass is 10.1. The van der Waals surface area contributed by atoms with Crippen molar-refractivity contribution in [1.29, 1.82) is 0 Å². The number of benzene rings is 2. The maximum Gasteiger partial charge on any atom is 0.262 e. The summed E-state index contributed by atoms with van der Waals surface area (Å²) >= 11 is 1.37. The number of carbonyl (C=O) groups is 3. The van der Waals surface area contributed by atoms with Crippen molar-refractivity contribution < 1.29 is 14.4 Å². The van der Waals surface area contributed by atoms with E-state index in [-0.39, 0.29) is 23.6 Å². The molecule has 0 saturated heterocycles. The van der Waals surface area contributed by atoms with Crippen LogP contribution in [0.3, 0.4) is 0 Å². The van der Waals surface area contributed by atoms with Gasteiger partial charge in [0, 0.05) is 17.5 Å². The lowest BCUT2D eigenvalue weighted by Crippen LogP contribution is -2.29. The predicted molar refractivity (Wildman–Crippen MR) is 88.4 cm³/mol. The van der Waals surface area contributed by atoms with Crippen molar-refractivity contribution in [3.63, 3.8) is 0 Å². The van der Waals surface area contributed by atoms with Crippen LogP contribution in [0.1, 0.15) is 27.6 Å². The van der Waals surface area contributed by atoms with Crippen molar-refractivity contribution in [3.05, 3.63) is 59.7 Å². The summed E-state index contributed by atoms with van der Waals surface area (Å²) < 4.78 is 0. The Morgan fingerprint density at radius 1 is 1.04 bits per heavy atom. The van der Waals surface area contributed by atoms with Gasteiger partial charge in [0.15, 0.2) is 0 Å². The van der Waals surface area contributed by atoms with Crippen LogP contribution in [0.5, 0.6) is 0 Å². The van der Waals surface area contributed by atoms with Crippen molar-refractivity contribution in [2.75, 3.05) is 11.2 Å². The SMILES string of the molecule is CC(=O)Nc1cccc(SCN2C(=O)c3ccccc3C2=O)c1. The molecule has 0 aromatic heterocycles. The van der Waals surface area contributed by atoms with E-state index in [1.165, 1.54) is 23.6 Å². The van der Waals surface area contributed by atoms with E-state index >= 15 is 0 Å². The van der Waals surface area contributed by atoms with Gasteiger partial charge in [-0.2, -0.15) is 0 Å². The predicted octanol–water partition coefficient (Wildman–Crippen LogP) is 2.99. The van der Waals surface area contributed by atoms with Gasteiger partial charge in [-0.15, -0.1) is 11.8 Å². The van der Waals surface area contributed by atoms with Crippen LogP contribution < -0.4 is 5.32 Å². The van der Waals surface area contributed by atoms with Crippen LogP contribution in [0.4, 0.5) is 5.69 Å². The monoisotopic (exact) mass is 326 g/mol. The molecular weight excluding hydrogens is 312 g/mol. The fraction of sp³-hybridized carbons (Fsp3) is 0.118. The standard InChI is InChI=1S/C17H14N2O3S/c1-11(20)18-12-5-4-6-13(9-12)23-10-19-16(21)14-7-2-3-8-15(14)17(19)22/h2-9H,10H2,1H3,(H,18,20). The van der Waals surface area contributed by atoms with Gasteiger partial charge >= 0.3 is 0 Å². The summed E-state index contributed by atoms with van der Waals surface area (Å²) in [6.07, 6.45) is 0. The number of hydrogen-bond donors (Lipinski definition) is 1. The zero-order chi connectivity index (χ0) is 16.4. The smallest absolute Gasteiger partial charge is 0.262 e. The van der Waals surface area contributed by atoms with Crippen molar-refractivity contribution in [2.24, 2.45) is 0 Å². The molecule has 5 nitrogen and oxygen atoms in total. The van der Waals surface area contributed by atoms with Gasteiger partial charge in [0.1, 0.15) is 0 Å². The average molecular weight is 326 g/mol. The first-order chi connectivity index (χ1) is 11.1. The van der Waals surface area contributed by atoms with Gasteiger partial charge in [-0.3, -0.25) is 19.3 Å². The largest absolute Gasteiger partial charge is 0.326 e. The van der Waals surface area contributed by atoms with Crippen LogP contribution >= 0.6 is 11.8 Å². The van der Waals surface area contributed by atoms with Crippen LogP contribution in [0.25, 0.3) is 0 Å². The summed E-state index contributed by atoms with van der Waals surface area (Å²) in [6.45, 7) is 1.44. The number of thioether (sulfide) groups is 1. The first-order valence-electron chi connectivity index (χ1n) is 7.02. The summed E-state index contributed by atoms with van der Waals surface area (Å²) in [5.41, 5.74) is 1.58. The van der Waals surface area contributed by atoms with Crippen molar-refractivity contribution in [2.45, 2.75) is 11.8 Å². The zero-order valence-electron chi connectivity index (χ0n) is 12.4. The summed E-state index contributed by atoms with van der Waals surface area (Å²) in [4.78, 5) is 37.7. The molecule has 2 aromatic carbocycles. The minimum absolute atomic E-state index is 0.146. The van der Waals surface area contributed by atoms with E-state index in [9.17, 15) is 14.4 Å². The van der Waals surface area contributed by atoms with Gasteiger partial charge in [0.2, 0.25) is 5.91 Å². The number of hydrogen-bond acceptors (Lipinski definition) is 4. The molecule has 6 heteroatoms. The molecule has 1 N–H and O–H groups in total. The molecule has 1 heterocycles. The van der Waals surface area contributed by atoms with Crippen molar-refractivity contribution in [3.8, 4) is 0 Å². The summed E-state index contributed by atoms with van der Waals surface area (Å²) in [5, 5.41) is 2.71. The molecule has 0 bridgehead atoms. The average Bonchev–Trinajstić information content (AvgIpc) is 2.77. The van der Waals surface area contributed by atoms with Crippen LogP contribution in [0.2, 0.25) is 0 Å². The van der Waals surface area contributed by atoms with E-state index in [2.05, 4.69) is 5.32 Å². The fourth-order valence-corrected chi connectivity index (χ4v) is 3.26. The highest BCUT2D eigenvalue weighted by molar-refractivity contribution is 7.99. The molecule has 3 rings (SSSR count). The Morgan fingerprint density at radius 2 is 1.70 bits per heavy atom. The molecule has 0 atom stereocenters. The number of rotatable bonds is 4. The number of carbonyl (C=O) groups excluding carboxylic acids is 3. The number of amides is 3. The third-order valence-electron chi connectivity index (χ3n) is 3.39. The van der Waals surface area contributed by atoms with Gasteiger partial charge in [-0.1, -0.05) is 18.2 Å². The maximum absolute atomic E-state index is 12.3. The second-order valence-electron chi connectivity index (χ2n) is 5.07. The Bertz CT molecular complexity index is 769. The van der Waals surface area contributed by atoms with Crippen LogP contribution in [0.15, 0.2) is 53.4 Å². The van der Waals surface area contributed by atoms with E-state index < -0.39 is 0 Å². The van der Waals surface area contributed by atoms with Gasteiger partial charge in [-0.25, -0.2) is 0 Å². The first kappa shape index (κ1) is 15.3. The quantitative estimate of drug-likeness (QED) is 0.693. The Hall–Kier alpha value is -2.60. The fourth-order valence-electron chi connectivity index (χ4n) is 2.36. The third-order valence-corrected chi connectivity index (χ3v) is 4.37. The first-order valence-corrected chi connectivity index (χ1v) is 8.00. The van der Waals surface area contributed by atoms with Crippen LogP contribution in [-0.2, 0) is 4.79 Å². The number of fused-ring (bicyclic) bond motifs is 1. The van der Waals surface area contributed by atoms with E-state index in [0.29, 0.717) is 16.8 Å². The number of nitrogens with zero attached hydrogens (tertiary/aromatic N) is 1. The highest BCUT2D eigenvalue weighted by atomic mass is 32.2. The Morgan fingerprint density at radius 3 is 2.30 bits per heavy atom.